The lowest BCUT2D eigenvalue weighted by Crippen LogP contribution is -2.30. The van der Waals surface area contributed by atoms with Crippen molar-refractivity contribution >= 4 is 17.5 Å². The zero-order chi connectivity index (χ0) is 14.8. The predicted octanol–water partition coefficient (Wildman–Crippen LogP) is 2.83. The number of methoxy groups -OCH3 is 1. The van der Waals surface area contributed by atoms with Crippen LogP contribution in [0, 0.1) is 5.41 Å². The Morgan fingerprint density at radius 1 is 1.45 bits per heavy atom. The van der Waals surface area contributed by atoms with Crippen LogP contribution in [0.25, 0.3) is 0 Å². The summed E-state index contributed by atoms with van der Waals surface area (Å²) in [6.45, 7) is 4.59. The second kappa shape index (κ2) is 5.69. The number of nitrogens with two attached hydrogens (primary N) is 1. The van der Waals surface area contributed by atoms with Crippen LogP contribution in [-0.2, 0) is 4.74 Å². The van der Waals surface area contributed by atoms with E-state index in [1.54, 1.807) is 12.3 Å². The molecule has 0 aliphatic heterocycles. The molecular formula is C15H23N3O2. The molecule has 1 fully saturated rings. The molecule has 0 amide bonds. The third-order valence-electron chi connectivity index (χ3n) is 3.99. The molecule has 0 saturated heterocycles. The summed E-state index contributed by atoms with van der Waals surface area (Å²) in [5.74, 6) is 0.152. The maximum atomic E-state index is 11.8. The lowest BCUT2D eigenvalue weighted by Gasteiger charge is -2.35. The van der Waals surface area contributed by atoms with Crippen LogP contribution in [0.15, 0.2) is 12.3 Å². The summed E-state index contributed by atoms with van der Waals surface area (Å²) in [5.41, 5.74) is 6.96. The van der Waals surface area contributed by atoms with E-state index in [-0.39, 0.29) is 0 Å². The molecule has 0 spiro atoms. The lowest BCUT2D eigenvalue weighted by atomic mass is 9.75. The number of nitrogens with one attached hydrogen (secondary N) is 1. The smallest absolute Gasteiger partial charge is 0.341 e. The van der Waals surface area contributed by atoms with E-state index in [9.17, 15) is 4.79 Å². The number of aromatic nitrogens is 1. The topological polar surface area (TPSA) is 77.2 Å². The normalized spacial score (nSPS) is 18.6. The van der Waals surface area contributed by atoms with Gasteiger partial charge in [0.1, 0.15) is 11.4 Å². The fourth-order valence-corrected chi connectivity index (χ4v) is 2.60. The summed E-state index contributed by atoms with van der Waals surface area (Å²) in [6, 6.07) is 1.95. The van der Waals surface area contributed by atoms with Crippen LogP contribution in [0.5, 0.6) is 0 Å². The minimum Gasteiger partial charge on any atom is -0.465 e. The van der Waals surface area contributed by atoms with E-state index in [4.69, 9.17) is 10.5 Å². The lowest BCUT2D eigenvalue weighted by molar-refractivity contribution is 0.0601. The number of carbonyl (C=O) groups is 1. The Balaban J connectivity index is 2.11. The van der Waals surface area contributed by atoms with E-state index < -0.39 is 5.97 Å². The Kier molecular flexibility index (Phi) is 4.16. The van der Waals surface area contributed by atoms with Crippen LogP contribution < -0.4 is 11.1 Å². The van der Waals surface area contributed by atoms with Gasteiger partial charge >= 0.3 is 5.97 Å². The molecule has 5 heteroatoms. The van der Waals surface area contributed by atoms with E-state index in [2.05, 4.69) is 24.1 Å². The minimum absolute atomic E-state index is 0.350. The number of anilines is 2. The Morgan fingerprint density at radius 3 is 2.70 bits per heavy atom. The van der Waals surface area contributed by atoms with Gasteiger partial charge in [0.25, 0.3) is 0 Å². The fourth-order valence-electron chi connectivity index (χ4n) is 2.60. The van der Waals surface area contributed by atoms with Crippen molar-refractivity contribution in [2.45, 2.75) is 45.6 Å². The number of nitrogens with zero attached hydrogens (tertiary/aromatic N) is 1. The molecule has 0 unspecified atom stereocenters. The van der Waals surface area contributed by atoms with Gasteiger partial charge in [0.2, 0.25) is 0 Å². The second-order valence-electron chi connectivity index (χ2n) is 6.24. The largest absolute Gasteiger partial charge is 0.465 e. The quantitative estimate of drug-likeness (QED) is 0.831. The first kappa shape index (κ1) is 14.6. The van der Waals surface area contributed by atoms with Crippen molar-refractivity contribution in [1.29, 1.82) is 0 Å². The van der Waals surface area contributed by atoms with Gasteiger partial charge in [-0.3, -0.25) is 0 Å². The molecule has 2 rings (SSSR count). The number of rotatable bonds is 3. The highest BCUT2D eigenvalue weighted by Crippen LogP contribution is 2.36. The highest BCUT2D eigenvalue weighted by atomic mass is 16.5. The van der Waals surface area contributed by atoms with Gasteiger partial charge < -0.3 is 15.8 Å². The molecule has 20 heavy (non-hydrogen) atoms. The van der Waals surface area contributed by atoms with Crippen LogP contribution in [0.1, 0.15) is 49.9 Å². The van der Waals surface area contributed by atoms with Gasteiger partial charge in [-0.15, -0.1) is 0 Å². The molecule has 110 valence electrons. The van der Waals surface area contributed by atoms with Crippen LogP contribution in [0.2, 0.25) is 0 Å². The van der Waals surface area contributed by atoms with Gasteiger partial charge in [0.05, 0.1) is 19.0 Å². The highest BCUT2D eigenvalue weighted by Gasteiger charge is 2.27. The summed E-state index contributed by atoms with van der Waals surface area (Å²) in [7, 11) is 1.36. The zero-order valence-corrected chi connectivity index (χ0v) is 12.4. The molecule has 0 bridgehead atoms. The van der Waals surface area contributed by atoms with Crippen LogP contribution in [0.3, 0.4) is 0 Å². The Morgan fingerprint density at radius 2 is 2.10 bits per heavy atom. The van der Waals surface area contributed by atoms with Gasteiger partial charge in [-0.05, 0) is 37.2 Å². The average Bonchev–Trinajstić information content (AvgIpc) is 2.42. The first-order valence-corrected chi connectivity index (χ1v) is 7.02. The van der Waals surface area contributed by atoms with E-state index in [1.807, 2.05) is 0 Å². The van der Waals surface area contributed by atoms with Crippen molar-refractivity contribution in [3.63, 3.8) is 0 Å². The third kappa shape index (κ3) is 3.40. The Hall–Kier alpha value is -1.78. The minimum atomic E-state index is -0.413. The Labute approximate surface area is 119 Å². The van der Waals surface area contributed by atoms with Crippen LogP contribution >= 0.6 is 0 Å². The highest BCUT2D eigenvalue weighted by molar-refractivity contribution is 5.95. The number of ether oxygens (including phenoxy) is 1. The number of hydrogen-bond acceptors (Lipinski definition) is 5. The number of carbonyl (C=O) groups excluding carboxylic acids is 1. The van der Waals surface area contributed by atoms with Crippen molar-refractivity contribution in [1.82, 2.24) is 4.98 Å². The van der Waals surface area contributed by atoms with Crippen molar-refractivity contribution in [2.24, 2.45) is 5.41 Å². The molecule has 5 nitrogen and oxygen atoms in total. The fraction of sp³-hybridized carbons (Fsp3) is 0.600. The molecule has 1 saturated carbocycles. The molecule has 1 heterocycles. The van der Waals surface area contributed by atoms with E-state index in [1.165, 1.54) is 20.0 Å². The molecule has 0 atom stereocenters. The number of nitrogen functional groups attached to an aromatic ring is 1. The van der Waals surface area contributed by atoms with E-state index >= 15 is 0 Å². The third-order valence-corrected chi connectivity index (χ3v) is 3.99. The molecule has 0 aromatic carbocycles. The molecule has 1 aromatic rings. The summed E-state index contributed by atoms with van der Waals surface area (Å²) < 4.78 is 4.78. The second-order valence-corrected chi connectivity index (χ2v) is 6.24. The number of hydrogen-bond donors (Lipinski definition) is 2. The summed E-state index contributed by atoms with van der Waals surface area (Å²) in [5, 5.41) is 3.36. The molecular weight excluding hydrogens is 254 g/mol. The maximum absolute atomic E-state index is 11.8. The first-order chi connectivity index (χ1) is 9.41. The molecule has 1 aliphatic rings. The zero-order valence-electron chi connectivity index (χ0n) is 12.4. The summed E-state index contributed by atoms with van der Waals surface area (Å²) in [4.78, 5) is 16.0. The average molecular weight is 277 g/mol. The maximum Gasteiger partial charge on any atom is 0.341 e. The SMILES string of the molecule is COC(=O)c1cc(N)cnc1NC1CCC(C)(C)CC1. The van der Waals surface area contributed by atoms with Crippen LogP contribution in [-0.4, -0.2) is 24.1 Å². The standard InChI is InChI=1S/C15H23N3O2/c1-15(2)6-4-11(5-7-15)18-13-12(14(19)20-3)8-10(16)9-17-13/h8-9,11H,4-7,16H2,1-3H3,(H,17,18). The summed E-state index contributed by atoms with van der Waals surface area (Å²) in [6.07, 6.45) is 6.07. The first-order valence-electron chi connectivity index (χ1n) is 7.02. The predicted molar refractivity (Wildman–Crippen MR) is 79.6 cm³/mol. The molecule has 1 aliphatic carbocycles. The van der Waals surface area contributed by atoms with Gasteiger partial charge in [-0.2, -0.15) is 0 Å². The number of esters is 1. The molecule has 3 N–H and O–H groups in total. The van der Waals surface area contributed by atoms with Gasteiger partial charge in [-0.25, -0.2) is 9.78 Å². The van der Waals surface area contributed by atoms with Crippen molar-refractivity contribution in [3.8, 4) is 0 Å². The monoisotopic (exact) mass is 277 g/mol. The van der Waals surface area contributed by atoms with E-state index in [0.29, 0.717) is 28.5 Å². The van der Waals surface area contributed by atoms with Gasteiger partial charge in [-0.1, -0.05) is 13.8 Å². The number of pyridine rings is 1. The van der Waals surface area contributed by atoms with E-state index in [0.717, 1.165) is 12.8 Å². The van der Waals surface area contributed by atoms with Gasteiger partial charge in [0.15, 0.2) is 0 Å². The van der Waals surface area contributed by atoms with Crippen LogP contribution in [0.4, 0.5) is 11.5 Å². The van der Waals surface area contributed by atoms with Crippen molar-refractivity contribution < 1.29 is 9.53 Å². The molecule has 1 aromatic heterocycles. The van der Waals surface area contributed by atoms with Crippen molar-refractivity contribution in [3.05, 3.63) is 17.8 Å². The molecule has 0 radical (unpaired) electrons. The summed E-state index contributed by atoms with van der Waals surface area (Å²) >= 11 is 0. The van der Waals surface area contributed by atoms with Crippen molar-refractivity contribution in [2.75, 3.05) is 18.2 Å². The Bertz CT molecular complexity index is 490. The van der Waals surface area contributed by atoms with Gasteiger partial charge in [0, 0.05) is 6.04 Å².